The fourth-order valence-corrected chi connectivity index (χ4v) is 3.36. The minimum Gasteiger partial charge on any atom is -0.370 e. The van der Waals surface area contributed by atoms with Gasteiger partial charge in [0.25, 0.3) is 0 Å². The number of benzene rings is 2. The van der Waals surface area contributed by atoms with Gasteiger partial charge in [-0.05, 0) is 17.5 Å². The third-order valence-corrected chi connectivity index (χ3v) is 5.20. The highest BCUT2D eigenvalue weighted by atomic mass is 16.5. The Bertz CT molecular complexity index is 1060. The summed E-state index contributed by atoms with van der Waals surface area (Å²) < 4.78 is 5.38. The molecule has 1 aromatic heterocycles. The van der Waals surface area contributed by atoms with Crippen molar-refractivity contribution in [1.29, 1.82) is 0 Å². The molecule has 7 nitrogen and oxygen atoms in total. The van der Waals surface area contributed by atoms with Crippen LogP contribution in [0.15, 0.2) is 65.2 Å². The molecule has 3 aromatic rings. The molecule has 0 saturated heterocycles. The van der Waals surface area contributed by atoms with Gasteiger partial charge in [-0.1, -0.05) is 66.7 Å². The largest absolute Gasteiger partial charge is 0.370 e. The zero-order valence-electron chi connectivity index (χ0n) is 18.0. The predicted molar refractivity (Wildman–Crippen MR) is 121 cm³/mol. The van der Waals surface area contributed by atoms with Gasteiger partial charge in [-0.3, -0.25) is 14.4 Å². The van der Waals surface area contributed by atoms with Gasteiger partial charge < -0.3 is 15.6 Å². The van der Waals surface area contributed by atoms with Crippen LogP contribution in [0.25, 0.3) is 22.4 Å². The van der Waals surface area contributed by atoms with Crippen LogP contribution < -0.4 is 11.1 Å². The van der Waals surface area contributed by atoms with Gasteiger partial charge in [-0.25, -0.2) is 0 Å². The second-order valence-electron chi connectivity index (χ2n) is 7.58. The van der Waals surface area contributed by atoms with Crippen LogP contribution in [0.4, 0.5) is 0 Å². The molecule has 7 heteroatoms. The normalized spacial score (nSPS) is 11.7. The third kappa shape index (κ3) is 6.38. The van der Waals surface area contributed by atoms with E-state index in [1.165, 1.54) is 0 Å². The van der Waals surface area contributed by atoms with Crippen molar-refractivity contribution < 1.29 is 18.9 Å². The summed E-state index contributed by atoms with van der Waals surface area (Å²) in [5, 5.41) is 6.83. The molecule has 0 aliphatic heterocycles. The number of carbonyl (C=O) groups is 3. The standard InChI is InChI=1S/C25H27N3O4/c1-2-21(23(29)13-14-24(26)30)27-25(31)15-12-20-16-22(28-32-20)19-10-8-18(9-11-19)17-6-4-3-5-7-17/h3-11,16,21H,2,12-15H2,1H3,(H2,26,30)(H,27,31)/t21-/m0/s1. The number of nitrogens with one attached hydrogen (secondary N) is 1. The van der Waals surface area contributed by atoms with E-state index in [4.69, 9.17) is 10.3 Å². The lowest BCUT2D eigenvalue weighted by molar-refractivity contribution is -0.128. The Kier molecular flexibility index (Phi) is 7.91. The van der Waals surface area contributed by atoms with Crippen molar-refractivity contribution >= 4 is 17.6 Å². The van der Waals surface area contributed by atoms with Gasteiger partial charge in [-0.2, -0.15) is 0 Å². The zero-order chi connectivity index (χ0) is 22.9. The zero-order valence-corrected chi connectivity index (χ0v) is 18.0. The molecule has 1 heterocycles. The number of aromatic nitrogens is 1. The van der Waals surface area contributed by atoms with E-state index < -0.39 is 11.9 Å². The van der Waals surface area contributed by atoms with E-state index in [2.05, 4.69) is 22.6 Å². The second kappa shape index (κ2) is 11.0. The number of carbonyl (C=O) groups excluding carboxylic acids is 3. The van der Waals surface area contributed by atoms with Gasteiger partial charge in [0.2, 0.25) is 11.8 Å². The van der Waals surface area contributed by atoms with Crippen LogP contribution in [0.3, 0.4) is 0 Å². The van der Waals surface area contributed by atoms with Crippen molar-refractivity contribution in [2.24, 2.45) is 5.73 Å². The Morgan fingerprint density at radius 1 is 0.938 bits per heavy atom. The lowest BCUT2D eigenvalue weighted by Crippen LogP contribution is -2.40. The van der Waals surface area contributed by atoms with Gasteiger partial charge in [0.05, 0.1) is 6.04 Å². The maximum absolute atomic E-state index is 12.3. The molecule has 32 heavy (non-hydrogen) atoms. The topological polar surface area (TPSA) is 115 Å². The molecule has 0 saturated carbocycles. The number of amides is 2. The lowest BCUT2D eigenvalue weighted by Gasteiger charge is -2.15. The SMILES string of the molecule is CC[C@H](NC(=O)CCc1cc(-c2ccc(-c3ccccc3)cc2)no1)C(=O)CCC(N)=O. The number of ketones is 1. The van der Waals surface area contributed by atoms with E-state index in [-0.39, 0.29) is 31.0 Å². The van der Waals surface area contributed by atoms with E-state index >= 15 is 0 Å². The quantitative estimate of drug-likeness (QED) is 0.479. The third-order valence-electron chi connectivity index (χ3n) is 5.20. The second-order valence-corrected chi connectivity index (χ2v) is 7.58. The molecule has 0 bridgehead atoms. The van der Waals surface area contributed by atoms with Crippen LogP contribution in [0.5, 0.6) is 0 Å². The number of nitrogens with zero attached hydrogens (tertiary/aromatic N) is 1. The molecule has 0 spiro atoms. The average Bonchev–Trinajstić information content (AvgIpc) is 3.29. The molecule has 2 aromatic carbocycles. The molecule has 0 aliphatic rings. The monoisotopic (exact) mass is 433 g/mol. The molecular weight excluding hydrogens is 406 g/mol. The number of Topliss-reactive ketones (excluding diaryl/α,β-unsaturated/α-hetero) is 1. The van der Waals surface area contributed by atoms with Gasteiger partial charge >= 0.3 is 0 Å². The number of aryl methyl sites for hydroxylation is 1. The summed E-state index contributed by atoms with van der Waals surface area (Å²) in [4.78, 5) is 35.2. The minimum absolute atomic E-state index is 0.0155. The molecule has 0 aliphatic carbocycles. The lowest BCUT2D eigenvalue weighted by atomic mass is 10.0. The van der Waals surface area contributed by atoms with Crippen molar-refractivity contribution in [2.75, 3.05) is 0 Å². The molecule has 0 radical (unpaired) electrons. The van der Waals surface area contributed by atoms with E-state index in [0.29, 0.717) is 24.3 Å². The first-order valence-electron chi connectivity index (χ1n) is 10.7. The van der Waals surface area contributed by atoms with E-state index in [0.717, 1.165) is 16.7 Å². The van der Waals surface area contributed by atoms with E-state index in [1.54, 1.807) is 6.92 Å². The molecule has 166 valence electrons. The fourth-order valence-electron chi connectivity index (χ4n) is 3.36. The first-order chi connectivity index (χ1) is 15.5. The first-order valence-corrected chi connectivity index (χ1v) is 10.7. The smallest absolute Gasteiger partial charge is 0.221 e. The summed E-state index contributed by atoms with van der Waals surface area (Å²) in [5.74, 6) is -0.388. The highest BCUT2D eigenvalue weighted by molar-refractivity contribution is 5.91. The Morgan fingerprint density at radius 2 is 1.59 bits per heavy atom. The molecule has 3 N–H and O–H groups in total. The average molecular weight is 434 g/mol. The number of hydrogen-bond acceptors (Lipinski definition) is 5. The van der Waals surface area contributed by atoms with E-state index in [9.17, 15) is 14.4 Å². The number of rotatable bonds is 11. The molecule has 3 rings (SSSR count). The number of hydrogen-bond donors (Lipinski definition) is 2. The Labute approximate surface area is 187 Å². The maximum Gasteiger partial charge on any atom is 0.221 e. The van der Waals surface area contributed by atoms with Crippen molar-refractivity contribution in [3.05, 3.63) is 66.4 Å². The highest BCUT2D eigenvalue weighted by Gasteiger charge is 2.19. The van der Waals surface area contributed by atoms with Crippen LogP contribution in [0, 0.1) is 0 Å². The Morgan fingerprint density at radius 3 is 2.25 bits per heavy atom. The summed E-state index contributed by atoms with van der Waals surface area (Å²) in [6.45, 7) is 1.80. The van der Waals surface area contributed by atoms with Crippen LogP contribution in [0.2, 0.25) is 0 Å². The van der Waals surface area contributed by atoms with Gasteiger partial charge in [0.15, 0.2) is 5.78 Å². The van der Waals surface area contributed by atoms with Gasteiger partial charge in [0.1, 0.15) is 11.5 Å². The maximum atomic E-state index is 12.3. The van der Waals surface area contributed by atoms with Crippen LogP contribution >= 0.6 is 0 Å². The molecule has 0 unspecified atom stereocenters. The summed E-state index contributed by atoms with van der Waals surface area (Å²) in [6, 6.07) is 19.4. The summed E-state index contributed by atoms with van der Waals surface area (Å²) in [6.07, 6.45) is 1.00. The van der Waals surface area contributed by atoms with Crippen molar-refractivity contribution in [3.8, 4) is 22.4 Å². The Hall–Kier alpha value is -3.74. The van der Waals surface area contributed by atoms with E-state index in [1.807, 2.05) is 48.5 Å². The number of primary amides is 1. The van der Waals surface area contributed by atoms with Gasteiger partial charge in [-0.15, -0.1) is 0 Å². The van der Waals surface area contributed by atoms with Crippen molar-refractivity contribution in [3.63, 3.8) is 0 Å². The van der Waals surface area contributed by atoms with Crippen LogP contribution in [0.1, 0.15) is 38.4 Å². The minimum atomic E-state index is -0.615. The summed E-state index contributed by atoms with van der Waals surface area (Å²) >= 11 is 0. The molecular formula is C25H27N3O4. The predicted octanol–water partition coefficient (Wildman–Crippen LogP) is 3.67. The fraction of sp³-hybridized carbons (Fsp3) is 0.280. The molecule has 0 fully saturated rings. The van der Waals surface area contributed by atoms with Crippen molar-refractivity contribution in [1.82, 2.24) is 10.5 Å². The molecule has 1 atom stereocenters. The Balaban J connectivity index is 1.53. The number of nitrogens with two attached hydrogens (primary N) is 1. The van der Waals surface area contributed by atoms with Crippen molar-refractivity contribution in [2.45, 2.75) is 45.1 Å². The summed E-state index contributed by atoms with van der Waals surface area (Å²) in [7, 11) is 0. The van der Waals surface area contributed by atoms with Crippen LogP contribution in [-0.4, -0.2) is 28.8 Å². The molecule has 2 amide bonds. The van der Waals surface area contributed by atoms with Gasteiger partial charge in [0, 0.05) is 37.3 Å². The summed E-state index contributed by atoms with van der Waals surface area (Å²) in [5.41, 5.74) is 8.97. The first kappa shape index (κ1) is 22.9. The van der Waals surface area contributed by atoms with Crippen LogP contribution in [-0.2, 0) is 20.8 Å². The highest BCUT2D eigenvalue weighted by Crippen LogP contribution is 2.25.